The van der Waals surface area contributed by atoms with E-state index in [-0.39, 0.29) is 13.0 Å². The van der Waals surface area contributed by atoms with Crippen molar-refractivity contribution < 1.29 is 23.5 Å². The third-order valence-electron chi connectivity index (χ3n) is 4.43. The Bertz CT molecular complexity index is 1000. The maximum absolute atomic E-state index is 12.3. The number of para-hydroxylation sites is 1. The van der Waals surface area contributed by atoms with Gasteiger partial charge in [0.2, 0.25) is 5.91 Å². The summed E-state index contributed by atoms with van der Waals surface area (Å²) in [6.07, 6.45) is 3.46. The van der Waals surface area contributed by atoms with E-state index in [4.69, 9.17) is 9.15 Å². The van der Waals surface area contributed by atoms with E-state index in [1.165, 1.54) is 19.4 Å². The average Bonchev–Trinajstić information content (AvgIpc) is 3.31. The lowest BCUT2D eigenvalue weighted by atomic mass is 10.0. The summed E-state index contributed by atoms with van der Waals surface area (Å²) in [4.78, 5) is 39.6. The van der Waals surface area contributed by atoms with Crippen LogP contribution in [0.2, 0.25) is 0 Å². The molecule has 0 saturated heterocycles. The number of H-pyrrole nitrogens is 1. The van der Waals surface area contributed by atoms with E-state index in [1.807, 2.05) is 24.3 Å². The van der Waals surface area contributed by atoms with Crippen LogP contribution in [-0.2, 0) is 20.7 Å². The number of rotatable bonds is 7. The molecule has 3 aromatic rings. The van der Waals surface area contributed by atoms with Gasteiger partial charge in [-0.25, -0.2) is 4.79 Å². The predicted molar refractivity (Wildman–Crippen MR) is 102 cm³/mol. The number of methoxy groups -OCH3 is 1. The fourth-order valence-corrected chi connectivity index (χ4v) is 2.98. The van der Waals surface area contributed by atoms with E-state index in [0.29, 0.717) is 11.3 Å². The van der Waals surface area contributed by atoms with Crippen molar-refractivity contribution in [2.45, 2.75) is 19.4 Å². The minimum absolute atomic E-state index is 0.261. The lowest BCUT2D eigenvalue weighted by Crippen LogP contribution is -2.47. The minimum Gasteiger partial charge on any atom is -0.469 e. The zero-order chi connectivity index (χ0) is 20.1. The number of carbonyl (C=O) groups is 3. The largest absolute Gasteiger partial charge is 0.469 e. The van der Waals surface area contributed by atoms with Crippen LogP contribution in [0.3, 0.4) is 0 Å². The monoisotopic (exact) mass is 383 g/mol. The van der Waals surface area contributed by atoms with Gasteiger partial charge in [-0.1, -0.05) is 18.2 Å². The Morgan fingerprint density at radius 1 is 1.21 bits per heavy atom. The molecule has 0 unspecified atom stereocenters. The molecule has 8 heteroatoms. The standard InChI is InChI=1S/C20H21N3O5/c1-12-14(7-8-28-12)19(25)22-11-18(24)23-17(20(26)27-2)9-13-10-21-16-6-4-3-5-15(13)16/h3-8,10,17,21H,9,11H2,1-2H3,(H,22,25)(H,23,24)/t17-/m1/s1. The summed E-state index contributed by atoms with van der Waals surface area (Å²) in [5, 5.41) is 6.09. The van der Waals surface area contributed by atoms with Gasteiger partial charge in [-0.2, -0.15) is 0 Å². The van der Waals surface area contributed by atoms with Gasteiger partial charge in [0.05, 0.1) is 25.5 Å². The highest BCUT2D eigenvalue weighted by Crippen LogP contribution is 2.19. The first-order valence-electron chi connectivity index (χ1n) is 8.74. The van der Waals surface area contributed by atoms with Gasteiger partial charge in [-0.05, 0) is 24.6 Å². The zero-order valence-corrected chi connectivity index (χ0v) is 15.6. The summed E-state index contributed by atoms with van der Waals surface area (Å²) < 4.78 is 9.88. The molecule has 0 aliphatic carbocycles. The topological polar surface area (TPSA) is 113 Å². The third kappa shape index (κ3) is 4.22. The number of nitrogens with one attached hydrogen (secondary N) is 3. The molecule has 0 aliphatic rings. The Labute approximate surface area is 161 Å². The van der Waals surface area contributed by atoms with Crippen molar-refractivity contribution in [2.24, 2.45) is 0 Å². The van der Waals surface area contributed by atoms with Crippen molar-refractivity contribution in [1.29, 1.82) is 0 Å². The summed E-state index contributed by atoms with van der Waals surface area (Å²) >= 11 is 0. The number of furan rings is 1. The van der Waals surface area contributed by atoms with Crippen LogP contribution >= 0.6 is 0 Å². The average molecular weight is 383 g/mol. The zero-order valence-electron chi connectivity index (χ0n) is 15.6. The molecule has 0 saturated carbocycles. The van der Waals surface area contributed by atoms with Crippen LogP contribution in [0.1, 0.15) is 21.7 Å². The van der Waals surface area contributed by atoms with E-state index >= 15 is 0 Å². The number of ether oxygens (including phenoxy) is 1. The number of hydrogen-bond acceptors (Lipinski definition) is 5. The summed E-state index contributed by atoms with van der Waals surface area (Å²) in [5.41, 5.74) is 2.18. The second-order valence-corrected chi connectivity index (χ2v) is 6.28. The Morgan fingerprint density at radius 3 is 2.71 bits per heavy atom. The van der Waals surface area contributed by atoms with Crippen molar-refractivity contribution >= 4 is 28.7 Å². The summed E-state index contributed by atoms with van der Waals surface area (Å²) in [6, 6.07) is 8.33. The number of esters is 1. The second-order valence-electron chi connectivity index (χ2n) is 6.28. The molecule has 2 heterocycles. The van der Waals surface area contributed by atoms with Crippen LogP contribution in [0.5, 0.6) is 0 Å². The smallest absolute Gasteiger partial charge is 0.328 e. The summed E-state index contributed by atoms with van der Waals surface area (Å²) in [7, 11) is 1.26. The van der Waals surface area contributed by atoms with Gasteiger partial charge in [0.1, 0.15) is 11.8 Å². The SMILES string of the molecule is COC(=O)[C@@H](Cc1c[nH]c2ccccc12)NC(=O)CNC(=O)c1ccoc1C. The molecule has 0 bridgehead atoms. The van der Waals surface area contributed by atoms with Crippen molar-refractivity contribution in [2.75, 3.05) is 13.7 Å². The molecule has 0 aliphatic heterocycles. The molecule has 2 aromatic heterocycles. The Morgan fingerprint density at radius 2 is 2.00 bits per heavy atom. The molecule has 3 rings (SSSR count). The van der Waals surface area contributed by atoms with Gasteiger partial charge in [-0.15, -0.1) is 0 Å². The molecule has 146 valence electrons. The molecule has 0 radical (unpaired) electrons. The maximum atomic E-state index is 12.3. The molecular weight excluding hydrogens is 362 g/mol. The molecule has 8 nitrogen and oxygen atoms in total. The van der Waals surface area contributed by atoms with Gasteiger partial charge in [0.15, 0.2) is 0 Å². The quantitative estimate of drug-likeness (QED) is 0.538. The van der Waals surface area contributed by atoms with E-state index in [2.05, 4.69) is 15.6 Å². The molecule has 1 atom stereocenters. The lowest BCUT2D eigenvalue weighted by Gasteiger charge is -2.16. The van der Waals surface area contributed by atoms with E-state index in [0.717, 1.165) is 16.5 Å². The predicted octanol–water partition coefficient (Wildman–Crippen LogP) is 1.70. The van der Waals surface area contributed by atoms with Crippen molar-refractivity contribution in [1.82, 2.24) is 15.6 Å². The van der Waals surface area contributed by atoms with Crippen LogP contribution in [0.25, 0.3) is 10.9 Å². The van der Waals surface area contributed by atoms with E-state index in [9.17, 15) is 14.4 Å². The highest BCUT2D eigenvalue weighted by Gasteiger charge is 2.23. The number of benzene rings is 1. The number of carbonyl (C=O) groups excluding carboxylic acids is 3. The normalized spacial score (nSPS) is 11.8. The van der Waals surface area contributed by atoms with Crippen LogP contribution in [0.4, 0.5) is 0 Å². The molecule has 2 amide bonds. The van der Waals surface area contributed by atoms with Gasteiger partial charge in [0.25, 0.3) is 5.91 Å². The van der Waals surface area contributed by atoms with Gasteiger partial charge >= 0.3 is 5.97 Å². The molecule has 28 heavy (non-hydrogen) atoms. The minimum atomic E-state index is -0.871. The second kappa shape index (κ2) is 8.43. The highest BCUT2D eigenvalue weighted by atomic mass is 16.5. The van der Waals surface area contributed by atoms with Crippen molar-refractivity contribution in [3.8, 4) is 0 Å². The van der Waals surface area contributed by atoms with Gasteiger partial charge in [0, 0.05) is 23.5 Å². The Kier molecular flexibility index (Phi) is 5.78. The fraction of sp³-hybridized carbons (Fsp3) is 0.250. The van der Waals surface area contributed by atoms with Gasteiger partial charge < -0.3 is 24.8 Å². The van der Waals surface area contributed by atoms with E-state index < -0.39 is 23.8 Å². The Hall–Kier alpha value is -3.55. The van der Waals surface area contributed by atoms with Crippen molar-refractivity contribution in [3.63, 3.8) is 0 Å². The lowest BCUT2D eigenvalue weighted by molar-refractivity contribution is -0.144. The summed E-state index contributed by atoms with van der Waals surface area (Å²) in [6.45, 7) is 1.38. The van der Waals surface area contributed by atoms with Gasteiger partial charge in [-0.3, -0.25) is 9.59 Å². The fourth-order valence-electron chi connectivity index (χ4n) is 2.98. The summed E-state index contributed by atoms with van der Waals surface area (Å²) in [5.74, 6) is -1.02. The number of aromatic amines is 1. The third-order valence-corrected chi connectivity index (χ3v) is 4.43. The first-order chi connectivity index (χ1) is 13.5. The van der Waals surface area contributed by atoms with Crippen LogP contribution < -0.4 is 10.6 Å². The first kappa shape index (κ1) is 19.2. The molecule has 0 spiro atoms. The molecule has 3 N–H and O–H groups in total. The van der Waals surface area contributed by atoms with Crippen molar-refractivity contribution in [3.05, 3.63) is 59.7 Å². The first-order valence-corrected chi connectivity index (χ1v) is 8.74. The maximum Gasteiger partial charge on any atom is 0.328 e. The number of hydrogen-bond donors (Lipinski definition) is 3. The number of aromatic nitrogens is 1. The van der Waals surface area contributed by atoms with Crippen LogP contribution in [0.15, 0.2) is 47.2 Å². The molecular formula is C20H21N3O5. The van der Waals surface area contributed by atoms with Crippen LogP contribution in [0, 0.1) is 6.92 Å². The molecule has 1 aromatic carbocycles. The highest BCUT2D eigenvalue weighted by molar-refractivity contribution is 5.97. The number of amides is 2. The Balaban J connectivity index is 1.64. The van der Waals surface area contributed by atoms with E-state index in [1.54, 1.807) is 13.1 Å². The molecule has 0 fully saturated rings. The van der Waals surface area contributed by atoms with Crippen LogP contribution in [-0.4, -0.2) is 42.5 Å². The number of aryl methyl sites for hydroxylation is 1. The number of fused-ring (bicyclic) bond motifs is 1.